The van der Waals surface area contributed by atoms with Gasteiger partial charge in [-0.25, -0.2) is 4.99 Å². The van der Waals surface area contributed by atoms with Crippen molar-refractivity contribution in [3.8, 4) is 0 Å². The highest BCUT2D eigenvalue weighted by Gasteiger charge is 2.14. The molecule has 0 radical (unpaired) electrons. The van der Waals surface area contributed by atoms with Crippen molar-refractivity contribution < 1.29 is 0 Å². The quantitative estimate of drug-likeness (QED) is 0.489. The molecule has 1 aliphatic heterocycles. The number of aromatic nitrogens is 2. The lowest BCUT2D eigenvalue weighted by Gasteiger charge is -2.29. The standard InChI is InChI=1S/C16H23N7/c1-10-7-12(8-13-11(2)21-22-15(10)13)16(18)20-14(9-17)23-5-3-19-4-6-23/h7-9,19H,3-6,17H2,1-2H3,(H2,18,20)(H,21,22)/b14-9+. The lowest BCUT2D eigenvalue weighted by molar-refractivity contribution is 0.296. The molecule has 2 aromatic rings. The average molecular weight is 313 g/mol. The number of hydrogen-bond donors (Lipinski definition) is 4. The van der Waals surface area contributed by atoms with Crippen LogP contribution in [0.15, 0.2) is 29.1 Å². The maximum atomic E-state index is 6.24. The largest absolute Gasteiger partial charge is 0.402 e. The summed E-state index contributed by atoms with van der Waals surface area (Å²) in [4.78, 5) is 6.69. The normalized spacial score (nSPS) is 17.0. The van der Waals surface area contributed by atoms with E-state index in [1.54, 1.807) is 0 Å². The van der Waals surface area contributed by atoms with Gasteiger partial charge >= 0.3 is 0 Å². The molecule has 0 unspecified atom stereocenters. The number of aromatic amines is 1. The van der Waals surface area contributed by atoms with Crippen LogP contribution < -0.4 is 16.8 Å². The van der Waals surface area contributed by atoms with E-state index in [1.807, 2.05) is 26.0 Å². The highest BCUT2D eigenvalue weighted by atomic mass is 15.3. The van der Waals surface area contributed by atoms with E-state index in [0.29, 0.717) is 11.7 Å². The number of nitrogens with zero attached hydrogens (tertiary/aromatic N) is 3. The molecule has 2 heterocycles. The van der Waals surface area contributed by atoms with Crippen LogP contribution in [0.2, 0.25) is 0 Å². The first-order chi connectivity index (χ1) is 11.1. The molecule has 1 aromatic carbocycles. The Hall–Kier alpha value is -2.54. The molecule has 1 aliphatic rings. The van der Waals surface area contributed by atoms with Gasteiger partial charge in [0.15, 0.2) is 0 Å². The second-order valence-corrected chi connectivity index (χ2v) is 5.80. The third-order valence-electron chi connectivity index (χ3n) is 4.16. The van der Waals surface area contributed by atoms with E-state index in [9.17, 15) is 0 Å². The van der Waals surface area contributed by atoms with E-state index in [0.717, 1.165) is 53.9 Å². The highest BCUT2D eigenvalue weighted by Crippen LogP contribution is 2.21. The van der Waals surface area contributed by atoms with Gasteiger partial charge in [0.25, 0.3) is 0 Å². The van der Waals surface area contributed by atoms with Crippen molar-refractivity contribution in [1.82, 2.24) is 20.4 Å². The molecule has 0 aliphatic carbocycles. The molecular formula is C16H23N7. The van der Waals surface area contributed by atoms with Gasteiger partial charge in [0, 0.05) is 49.0 Å². The van der Waals surface area contributed by atoms with Crippen LogP contribution in [-0.2, 0) is 0 Å². The molecule has 0 amide bonds. The molecule has 0 atom stereocenters. The summed E-state index contributed by atoms with van der Waals surface area (Å²) in [5.41, 5.74) is 15.9. The topological polar surface area (TPSA) is 108 Å². The molecule has 1 saturated heterocycles. The van der Waals surface area contributed by atoms with Gasteiger partial charge in [0.2, 0.25) is 0 Å². The van der Waals surface area contributed by atoms with Crippen LogP contribution in [0.1, 0.15) is 16.8 Å². The van der Waals surface area contributed by atoms with Gasteiger partial charge in [-0.05, 0) is 31.5 Å². The molecule has 0 bridgehead atoms. The molecule has 7 heteroatoms. The molecule has 0 spiro atoms. The van der Waals surface area contributed by atoms with Crippen molar-refractivity contribution in [3.63, 3.8) is 0 Å². The summed E-state index contributed by atoms with van der Waals surface area (Å²) in [5.74, 6) is 1.18. The Balaban J connectivity index is 1.94. The summed E-state index contributed by atoms with van der Waals surface area (Å²) < 4.78 is 0. The van der Waals surface area contributed by atoms with E-state index < -0.39 is 0 Å². The maximum Gasteiger partial charge on any atom is 0.146 e. The number of piperazine rings is 1. The summed E-state index contributed by atoms with van der Waals surface area (Å²) in [5, 5.41) is 11.7. The number of aliphatic imine (C=N–C) groups is 1. The molecule has 1 fully saturated rings. The predicted octanol–water partition coefficient (Wildman–Crippen LogP) is 0.548. The zero-order valence-corrected chi connectivity index (χ0v) is 13.6. The number of benzene rings is 1. The first-order valence-corrected chi connectivity index (χ1v) is 7.77. The van der Waals surface area contributed by atoms with Crippen molar-refractivity contribution in [3.05, 3.63) is 41.0 Å². The minimum Gasteiger partial charge on any atom is -0.402 e. The number of amidine groups is 1. The van der Waals surface area contributed by atoms with Crippen LogP contribution >= 0.6 is 0 Å². The van der Waals surface area contributed by atoms with Crippen LogP contribution in [0.5, 0.6) is 0 Å². The minimum atomic E-state index is 0.464. The Bertz CT molecular complexity index is 766. The number of nitrogens with two attached hydrogens (primary N) is 2. The SMILES string of the molecule is Cc1[nH]nc2c(C)cc(/C(N)=N/C(=C\N)N3CCNCC3)cc12. The predicted molar refractivity (Wildman–Crippen MR) is 93.0 cm³/mol. The fraction of sp³-hybridized carbons (Fsp3) is 0.375. The molecule has 122 valence electrons. The van der Waals surface area contributed by atoms with Crippen molar-refractivity contribution in [1.29, 1.82) is 0 Å². The van der Waals surface area contributed by atoms with Crippen LogP contribution in [0.3, 0.4) is 0 Å². The smallest absolute Gasteiger partial charge is 0.146 e. The number of fused-ring (bicyclic) bond motifs is 1. The van der Waals surface area contributed by atoms with E-state index in [-0.39, 0.29) is 0 Å². The summed E-state index contributed by atoms with van der Waals surface area (Å²) in [7, 11) is 0. The van der Waals surface area contributed by atoms with Crippen molar-refractivity contribution in [2.75, 3.05) is 26.2 Å². The fourth-order valence-electron chi connectivity index (χ4n) is 2.86. The first-order valence-electron chi connectivity index (χ1n) is 7.77. The van der Waals surface area contributed by atoms with Gasteiger partial charge < -0.3 is 21.7 Å². The highest BCUT2D eigenvalue weighted by molar-refractivity contribution is 6.02. The maximum absolute atomic E-state index is 6.24. The van der Waals surface area contributed by atoms with E-state index in [2.05, 4.69) is 25.4 Å². The molecule has 0 saturated carbocycles. The lowest BCUT2D eigenvalue weighted by Crippen LogP contribution is -2.43. The zero-order chi connectivity index (χ0) is 16.4. The number of aryl methyl sites for hydroxylation is 2. The Morgan fingerprint density at radius 1 is 1.30 bits per heavy atom. The van der Waals surface area contributed by atoms with Gasteiger partial charge in [-0.3, -0.25) is 5.10 Å². The third kappa shape index (κ3) is 3.00. The van der Waals surface area contributed by atoms with Gasteiger partial charge in [-0.15, -0.1) is 0 Å². The lowest BCUT2D eigenvalue weighted by atomic mass is 10.1. The second kappa shape index (κ2) is 6.29. The molecule has 7 nitrogen and oxygen atoms in total. The Morgan fingerprint density at radius 2 is 2.04 bits per heavy atom. The zero-order valence-electron chi connectivity index (χ0n) is 13.6. The van der Waals surface area contributed by atoms with Gasteiger partial charge in [-0.2, -0.15) is 5.10 Å². The van der Waals surface area contributed by atoms with Gasteiger partial charge in [0.05, 0.1) is 5.52 Å². The van der Waals surface area contributed by atoms with Gasteiger partial charge in [0.1, 0.15) is 11.7 Å². The fourth-order valence-corrected chi connectivity index (χ4v) is 2.86. The summed E-state index contributed by atoms with van der Waals surface area (Å²) in [6, 6.07) is 4.03. The van der Waals surface area contributed by atoms with E-state index in [4.69, 9.17) is 11.5 Å². The van der Waals surface area contributed by atoms with Crippen molar-refractivity contribution in [2.45, 2.75) is 13.8 Å². The third-order valence-corrected chi connectivity index (χ3v) is 4.16. The van der Waals surface area contributed by atoms with Crippen LogP contribution in [0.25, 0.3) is 10.9 Å². The van der Waals surface area contributed by atoms with Crippen LogP contribution in [0, 0.1) is 13.8 Å². The summed E-state index contributed by atoms with van der Waals surface area (Å²) >= 11 is 0. The monoisotopic (exact) mass is 313 g/mol. The van der Waals surface area contributed by atoms with E-state index in [1.165, 1.54) is 6.20 Å². The molecule has 3 rings (SSSR count). The number of hydrogen-bond acceptors (Lipinski definition) is 5. The number of nitrogens with one attached hydrogen (secondary N) is 2. The number of rotatable bonds is 3. The Morgan fingerprint density at radius 3 is 2.74 bits per heavy atom. The summed E-state index contributed by atoms with van der Waals surface area (Å²) in [6.07, 6.45) is 1.52. The van der Waals surface area contributed by atoms with Crippen molar-refractivity contribution in [2.24, 2.45) is 16.5 Å². The molecule has 6 N–H and O–H groups in total. The first kappa shape index (κ1) is 15.4. The van der Waals surface area contributed by atoms with E-state index >= 15 is 0 Å². The van der Waals surface area contributed by atoms with Crippen LogP contribution in [-0.4, -0.2) is 47.1 Å². The Kier molecular flexibility index (Phi) is 4.20. The van der Waals surface area contributed by atoms with Crippen LogP contribution in [0.4, 0.5) is 0 Å². The van der Waals surface area contributed by atoms with Crippen molar-refractivity contribution >= 4 is 16.7 Å². The molecular weight excluding hydrogens is 290 g/mol. The second-order valence-electron chi connectivity index (χ2n) is 5.80. The minimum absolute atomic E-state index is 0.464. The average Bonchev–Trinajstić information content (AvgIpc) is 2.95. The molecule has 1 aromatic heterocycles. The Labute approximate surface area is 135 Å². The summed E-state index contributed by atoms with van der Waals surface area (Å²) in [6.45, 7) is 7.61. The number of H-pyrrole nitrogens is 1. The van der Waals surface area contributed by atoms with Gasteiger partial charge in [-0.1, -0.05) is 0 Å². The molecule has 23 heavy (non-hydrogen) atoms.